The van der Waals surface area contributed by atoms with E-state index in [-0.39, 0.29) is 0 Å². The predicted octanol–water partition coefficient (Wildman–Crippen LogP) is 2.24. The summed E-state index contributed by atoms with van der Waals surface area (Å²) in [5.41, 5.74) is 5.82. The van der Waals surface area contributed by atoms with E-state index < -0.39 is 0 Å². The van der Waals surface area contributed by atoms with Crippen LogP contribution in [0.2, 0.25) is 0 Å². The van der Waals surface area contributed by atoms with Gasteiger partial charge in [0.1, 0.15) is 0 Å². The minimum absolute atomic E-state index is 0.770. The van der Waals surface area contributed by atoms with Crippen molar-refractivity contribution in [1.82, 2.24) is 4.90 Å². The van der Waals surface area contributed by atoms with Crippen LogP contribution in [0, 0.1) is 5.92 Å². The first kappa shape index (κ1) is 12.0. The zero-order valence-corrected chi connectivity index (χ0v) is 9.84. The number of unbranched alkanes of at least 4 members (excludes halogenated alkanes) is 1. The number of hydrogen-bond acceptors (Lipinski definition) is 2. The van der Waals surface area contributed by atoms with Gasteiger partial charge < -0.3 is 10.6 Å². The largest absolute Gasteiger partial charge is 0.330 e. The van der Waals surface area contributed by atoms with Gasteiger partial charge in [-0.1, -0.05) is 26.7 Å². The van der Waals surface area contributed by atoms with Gasteiger partial charge in [-0.15, -0.1) is 0 Å². The number of nitrogens with zero attached hydrogens (tertiary/aromatic N) is 1. The molecule has 0 bridgehead atoms. The monoisotopic (exact) mass is 198 g/mol. The summed E-state index contributed by atoms with van der Waals surface area (Å²) >= 11 is 0. The van der Waals surface area contributed by atoms with Gasteiger partial charge in [0.2, 0.25) is 0 Å². The van der Waals surface area contributed by atoms with Gasteiger partial charge >= 0.3 is 0 Å². The Labute approximate surface area is 88.8 Å². The molecule has 2 unspecified atom stereocenters. The van der Waals surface area contributed by atoms with Gasteiger partial charge in [-0.05, 0) is 44.8 Å². The fourth-order valence-electron chi connectivity index (χ4n) is 2.69. The zero-order chi connectivity index (χ0) is 10.4. The van der Waals surface area contributed by atoms with Crippen molar-refractivity contribution in [3.05, 3.63) is 0 Å². The van der Waals surface area contributed by atoms with Gasteiger partial charge in [-0.3, -0.25) is 0 Å². The molecule has 0 amide bonds. The van der Waals surface area contributed by atoms with Gasteiger partial charge in [-0.2, -0.15) is 0 Å². The Balaban J connectivity index is 2.41. The molecule has 0 heterocycles. The van der Waals surface area contributed by atoms with Gasteiger partial charge in [0.25, 0.3) is 0 Å². The molecule has 1 aliphatic carbocycles. The Hall–Kier alpha value is -0.0800. The average Bonchev–Trinajstić information content (AvgIpc) is 2.67. The Morgan fingerprint density at radius 1 is 1.29 bits per heavy atom. The second-order valence-corrected chi connectivity index (χ2v) is 4.48. The third-order valence-electron chi connectivity index (χ3n) is 3.60. The molecular weight excluding hydrogens is 172 g/mol. The summed E-state index contributed by atoms with van der Waals surface area (Å²) in [7, 11) is 0. The molecule has 84 valence electrons. The van der Waals surface area contributed by atoms with E-state index in [1.54, 1.807) is 0 Å². The maximum atomic E-state index is 5.82. The topological polar surface area (TPSA) is 29.3 Å². The van der Waals surface area contributed by atoms with Gasteiger partial charge in [0.05, 0.1) is 0 Å². The molecule has 0 aromatic rings. The van der Waals surface area contributed by atoms with Crippen LogP contribution in [0.5, 0.6) is 0 Å². The molecule has 2 heteroatoms. The van der Waals surface area contributed by atoms with Crippen LogP contribution in [-0.2, 0) is 0 Å². The molecule has 14 heavy (non-hydrogen) atoms. The first-order valence-corrected chi connectivity index (χ1v) is 6.27. The summed E-state index contributed by atoms with van der Waals surface area (Å²) < 4.78 is 0. The third-order valence-corrected chi connectivity index (χ3v) is 3.60. The SMILES string of the molecule is CCCCN(CC)C1CCCC1CN. The van der Waals surface area contributed by atoms with E-state index in [0.717, 1.165) is 18.5 Å². The molecule has 0 aliphatic heterocycles. The van der Waals surface area contributed by atoms with Crippen LogP contribution in [-0.4, -0.2) is 30.6 Å². The zero-order valence-electron chi connectivity index (χ0n) is 9.84. The van der Waals surface area contributed by atoms with Gasteiger partial charge in [0, 0.05) is 6.04 Å². The highest BCUT2D eigenvalue weighted by Crippen LogP contribution is 2.29. The third kappa shape index (κ3) is 2.96. The summed E-state index contributed by atoms with van der Waals surface area (Å²) in [4.78, 5) is 2.65. The normalized spacial score (nSPS) is 27.4. The summed E-state index contributed by atoms with van der Waals surface area (Å²) in [5.74, 6) is 0.770. The van der Waals surface area contributed by atoms with Gasteiger partial charge in [-0.25, -0.2) is 0 Å². The molecular formula is C12H26N2. The van der Waals surface area contributed by atoms with E-state index in [0.29, 0.717) is 0 Å². The van der Waals surface area contributed by atoms with E-state index in [1.165, 1.54) is 45.2 Å². The number of hydrogen-bond donors (Lipinski definition) is 1. The standard InChI is InChI=1S/C12H26N2/c1-3-5-9-14(4-2)12-8-6-7-11(12)10-13/h11-12H,3-10,13H2,1-2H3. The molecule has 1 aliphatic rings. The second-order valence-electron chi connectivity index (χ2n) is 4.48. The van der Waals surface area contributed by atoms with Crippen LogP contribution in [0.1, 0.15) is 46.0 Å². The van der Waals surface area contributed by atoms with E-state index in [9.17, 15) is 0 Å². The molecule has 2 N–H and O–H groups in total. The molecule has 0 radical (unpaired) electrons. The summed E-state index contributed by atoms with van der Waals surface area (Å²) in [6.07, 6.45) is 6.75. The van der Waals surface area contributed by atoms with Crippen LogP contribution in [0.4, 0.5) is 0 Å². The summed E-state index contributed by atoms with van der Waals surface area (Å²) in [6, 6.07) is 0.788. The molecule has 0 aromatic heterocycles. The van der Waals surface area contributed by atoms with Crippen molar-refractivity contribution in [2.24, 2.45) is 11.7 Å². The Bertz CT molecular complexity index is 147. The molecule has 1 rings (SSSR count). The predicted molar refractivity (Wildman–Crippen MR) is 62.3 cm³/mol. The Morgan fingerprint density at radius 2 is 2.07 bits per heavy atom. The Morgan fingerprint density at radius 3 is 2.64 bits per heavy atom. The number of rotatable bonds is 6. The van der Waals surface area contributed by atoms with E-state index in [2.05, 4.69) is 18.7 Å². The lowest BCUT2D eigenvalue weighted by Crippen LogP contribution is -2.40. The fourth-order valence-corrected chi connectivity index (χ4v) is 2.69. The van der Waals surface area contributed by atoms with Crippen molar-refractivity contribution in [3.63, 3.8) is 0 Å². The van der Waals surface area contributed by atoms with Crippen LogP contribution in [0.25, 0.3) is 0 Å². The van der Waals surface area contributed by atoms with Crippen molar-refractivity contribution in [2.45, 2.75) is 52.0 Å². The highest BCUT2D eigenvalue weighted by atomic mass is 15.2. The first-order valence-electron chi connectivity index (χ1n) is 6.27. The number of nitrogens with two attached hydrogens (primary N) is 1. The first-order chi connectivity index (χ1) is 6.83. The minimum atomic E-state index is 0.770. The molecule has 0 aromatic carbocycles. The van der Waals surface area contributed by atoms with E-state index in [1.807, 2.05) is 0 Å². The Kier molecular flexibility index (Phi) is 5.49. The average molecular weight is 198 g/mol. The summed E-state index contributed by atoms with van der Waals surface area (Å²) in [5, 5.41) is 0. The van der Waals surface area contributed by atoms with E-state index >= 15 is 0 Å². The molecule has 2 nitrogen and oxygen atoms in total. The molecule has 1 fully saturated rings. The summed E-state index contributed by atoms with van der Waals surface area (Å²) in [6.45, 7) is 7.90. The highest BCUT2D eigenvalue weighted by molar-refractivity contribution is 4.85. The molecule has 0 saturated heterocycles. The van der Waals surface area contributed by atoms with Crippen molar-refractivity contribution in [1.29, 1.82) is 0 Å². The van der Waals surface area contributed by atoms with Crippen molar-refractivity contribution < 1.29 is 0 Å². The highest BCUT2D eigenvalue weighted by Gasteiger charge is 2.29. The van der Waals surface area contributed by atoms with Crippen LogP contribution >= 0.6 is 0 Å². The quantitative estimate of drug-likeness (QED) is 0.709. The lowest BCUT2D eigenvalue weighted by molar-refractivity contribution is 0.168. The van der Waals surface area contributed by atoms with Crippen LogP contribution in [0.3, 0.4) is 0 Å². The van der Waals surface area contributed by atoms with Crippen molar-refractivity contribution in [3.8, 4) is 0 Å². The lowest BCUT2D eigenvalue weighted by atomic mass is 10.0. The van der Waals surface area contributed by atoms with Crippen molar-refractivity contribution >= 4 is 0 Å². The molecule has 2 atom stereocenters. The van der Waals surface area contributed by atoms with E-state index in [4.69, 9.17) is 5.73 Å². The smallest absolute Gasteiger partial charge is 0.0135 e. The van der Waals surface area contributed by atoms with Crippen LogP contribution < -0.4 is 5.73 Å². The second kappa shape index (κ2) is 6.41. The molecule has 0 spiro atoms. The lowest BCUT2D eigenvalue weighted by Gasteiger charge is -2.31. The molecule has 1 saturated carbocycles. The minimum Gasteiger partial charge on any atom is -0.330 e. The fraction of sp³-hybridized carbons (Fsp3) is 1.00. The van der Waals surface area contributed by atoms with Gasteiger partial charge in [0.15, 0.2) is 0 Å². The maximum Gasteiger partial charge on any atom is 0.0135 e. The van der Waals surface area contributed by atoms with Crippen LogP contribution in [0.15, 0.2) is 0 Å². The van der Waals surface area contributed by atoms with Crippen molar-refractivity contribution in [2.75, 3.05) is 19.6 Å². The maximum absolute atomic E-state index is 5.82.